The molecular formula is C10H18N2O. The summed E-state index contributed by atoms with van der Waals surface area (Å²) in [5.41, 5.74) is 0. The first-order chi connectivity index (χ1) is 6.33. The topological polar surface area (TPSA) is 45.0 Å². The molecule has 0 radical (unpaired) electrons. The highest BCUT2D eigenvalue weighted by Crippen LogP contribution is 2.15. The lowest BCUT2D eigenvalue weighted by Crippen LogP contribution is -2.27. The highest BCUT2D eigenvalue weighted by atomic mass is 16.5. The summed E-state index contributed by atoms with van der Waals surface area (Å²) >= 11 is 0. The molecule has 0 aromatic heterocycles. The quantitative estimate of drug-likeness (QED) is 0.697. The average Bonchev–Trinajstić information content (AvgIpc) is 2.57. The Kier molecular flexibility index (Phi) is 4.81. The molecule has 1 heterocycles. The summed E-state index contributed by atoms with van der Waals surface area (Å²) in [6, 6.07) is 2.48. The van der Waals surface area contributed by atoms with Gasteiger partial charge in [0.15, 0.2) is 0 Å². The van der Waals surface area contributed by atoms with Gasteiger partial charge in [0.05, 0.1) is 12.5 Å². The van der Waals surface area contributed by atoms with E-state index in [9.17, 15) is 0 Å². The molecule has 2 atom stereocenters. The van der Waals surface area contributed by atoms with E-state index in [1.807, 2.05) is 6.92 Å². The second-order valence-electron chi connectivity index (χ2n) is 3.74. The zero-order chi connectivity index (χ0) is 9.52. The minimum atomic E-state index is 0.326. The van der Waals surface area contributed by atoms with E-state index >= 15 is 0 Å². The van der Waals surface area contributed by atoms with Gasteiger partial charge in [-0.05, 0) is 32.2 Å². The van der Waals surface area contributed by atoms with E-state index < -0.39 is 0 Å². The van der Waals surface area contributed by atoms with Gasteiger partial charge >= 0.3 is 0 Å². The van der Waals surface area contributed by atoms with Crippen LogP contribution in [-0.2, 0) is 4.74 Å². The summed E-state index contributed by atoms with van der Waals surface area (Å²) in [7, 11) is 0. The molecule has 1 rings (SSSR count). The van der Waals surface area contributed by atoms with Crippen molar-refractivity contribution in [2.75, 3.05) is 19.8 Å². The predicted octanol–water partition coefficient (Wildman–Crippen LogP) is 1.30. The highest BCUT2D eigenvalue weighted by Gasteiger charge is 2.14. The van der Waals surface area contributed by atoms with Crippen LogP contribution in [0.2, 0.25) is 0 Å². The van der Waals surface area contributed by atoms with Gasteiger partial charge in [0.2, 0.25) is 0 Å². The Morgan fingerprint density at radius 2 is 2.54 bits per heavy atom. The third kappa shape index (κ3) is 4.25. The average molecular weight is 182 g/mol. The second-order valence-corrected chi connectivity index (χ2v) is 3.74. The third-order valence-electron chi connectivity index (χ3n) is 2.47. The molecule has 3 heteroatoms. The van der Waals surface area contributed by atoms with E-state index in [2.05, 4.69) is 11.4 Å². The van der Waals surface area contributed by atoms with Crippen molar-refractivity contribution >= 4 is 0 Å². The van der Waals surface area contributed by atoms with E-state index in [4.69, 9.17) is 10.00 Å². The molecule has 2 unspecified atom stereocenters. The van der Waals surface area contributed by atoms with Gasteiger partial charge in [0.1, 0.15) is 0 Å². The summed E-state index contributed by atoms with van der Waals surface area (Å²) in [5, 5.41) is 11.8. The van der Waals surface area contributed by atoms with Crippen molar-refractivity contribution < 1.29 is 4.74 Å². The lowest BCUT2D eigenvalue weighted by atomic mass is 10.1. The fourth-order valence-corrected chi connectivity index (χ4v) is 1.55. The largest absolute Gasteiger partial charge is 0.381 e. The lowest BCUT2D eigenvalue weighted by Gasteiger charge is -2.12. The Labute approximate surface area is 80.1 Å². The molecule has 1 fully saturated rings. The molecule has 1 N–H and O–H groups in total. The molecule has 0 aromatic carbocycles. The number of hydrogen-bond acceptors (Lipinski definition) is 3. The summed E-state index contributed by atoms with van der Waals surface area (Å²) in [6.07, 6.45) is 2.98. The molecule has 0 saturated carbocycles. The number of hydrogen-bond donors (Lipinski definition) is 1. The van der Waals surface area contributed by atoms with Crippen LogP contribution < -0.4 is 5.32 Å². The molecule has 1 aliphatic rings. The zero-order valence-corrected chi connectivity index (χ0v) is 8.25. The molecule has 74 valence electrons. The minimum absolute atomic E-state index is 0.326. The van der Waals surface area contributed by atoms with E-state index in [1.54, 1.807) is 0 Å². The van der Waals surface area contributed by atoms with Gasteiger partial charge in [-0.15, -0.1) is 0 Å². The highest BCUT2D eigenvalue weighted by molar-refractivity contribution is 4.77. The van der Waals surface area contributed by atoms with Gasteiger partial charge in [-0.1, -0.05) is 0 Å². The molecule has 0 aromatic rings. The van der Waals surface area contributed by atoms with Gasteiger partial charge in [-0.2, -0.15) is 5.26 Å². The molecule has 0 bridgehead atoms. The van der Waals surface area contributed by atoms with E-state index in [0.717, 1.165) is 25.7 Å². The van der Waals surface area contributed by atoms with Crippen LogP contribution >= 0.6 is 0 Å². The minimum Gasteiger partial charge on any atom is -0.381 e. The zero-order valence-electron chi connectivity index (χ0n) is 8.25. The normalized spacial score (nSPS) is 24.2. The molecule has 0 spiro atoms. The maximum atomic E-state index is 8.44. The number of nitrogens with one attached hydrogen (secondary N) is 1. The van der Waals surface area contributed by atoms with Gasteiger partial charge in [0.25, 0.3) is 0 Å². The molecule has 0 aliphatic carbocycles. The smallest absolute Gasteiger partial charge is 0.0638 e. The molecule has 1 aliphatic heterocycles. The first kappa shape index (κ1) is 10.5. The van der Waals surface area contributed by atoms with Gasteiger partial charge in [0, 0.05) is 19.3 Å². The Bertz CT molecular complexity index is 170. The molecule has 3 nitrogen and oxygen atoms in total. The van der Waals surface area contributed by atoms with E-state index in [-0.39, 0.29) is 0 Å². The molecule has 1 saturated heterocycles. The van der Waals surface area contributed by atoms with Crippen molar-refractivity contribution in [1.82, 2.24) is 5.32 Å². The Balaban J connectivity index is 1.97. The van der Waals surface area contributed by atoms with Crippen molar-refractivity contribution in [3.8, 4) is 6.07 Å². The van der Waals surface area contributed by atoms with Crippen LogP contribution in [0.15, 0.2) is 0 Å². The molecule has 13 heavy (non-hydrogen) atoms. The van der Waals surface area contributed by atoms with Crippen LogP contribution in [0.25, 0.3) is 0 Å². The second kappa shape index (κ2) is 5.95. The third-order valence-corrected chi connectivity index (χ3v) is 2.47. The lowest BCUT2D eigenvalue weighted by molar-refractivity contribution is 0.184. The van der Waals surface area contributed by atoms with Crippen molar-refractivity contribution in [3.63, 3.8) is 0 Å². The summed E-state index contributed by atoms with van der Waals surface area (Å²) in [4.78, 5) is 0. The van der Waals surface area contributed by atoms with E-state index in [1.165, 1.54) is 12.8 Å². The van der Waals surface area contributed by atoms with Crippen LogP contribution in [0.1, 0.15) is 26.2 Å². The Morgan fingerprint density at radius 3 is 3.15 bits per heavy atom. The van der Waals surface area contributed by atoms with Crippen LogP contribution in [-0.4, -0.2) is 25.8 Å². The molecule has 0 amide bonds. The van der Waals surface area contributed by atoms with Crippen LogP contribution in [0.3, 0.4) is 0 Å². The monoisotopic (exact) mass is 182 g/mol. The predicted molar refractivity (Wildman–Crippen MR) is 51.2 cm³/mol. The number of ether oxygens (including phenoxy) is 1. The summed E-state index contributed by atoms with van der Waals surface area (Å²) < 4.78 is 5.28. The standard InChI is InChI=1S/C10H18N2O/c1-9(2-5-11)12-6-3-10-4-7-13-8-10/h9-10,12H,2-4,6-8H2,1H3. The van der Waals surface area contributed by atoms with Crippen LogP contribution in [0.5, 0.6) is 0 Å². The summed E-state index contributed by atoms with van der Waals surface area (Å²) in [5.74, 6) is 0.738. The summed E-state index contributed by atoms with van der Waals surface area (Å²) in [6.45, 7) is 4.91. The van der Waals surface area contributed by atoms with Crippen molar-refractivity contribution in [2.24, 2.45) is 5.92 Å². The van der Waals surface area contributed by atoms with Crippen molar-refractivity contribution in [2.45, 2.75) is 32.2 Å². The number of nitriles is 1. The Morgan fingerprint density at radius 1 is 1.69 bits per heavy atom. The maximum absolute atomic E-state index is 8.44. The van der Waals surface area contributed by atoms with Gasteiger partial charge in [-0.3, -0.25) is 0 Å². The van der Waals surface area contributed by atoms with Crippen molar-refractivity contribution in [1.29, 1.82) is 5.26 Å². The number of rotatable bonds is 5. The maximum Gasteiger partial charge on any atom is 0.0638 e. The van der Waals surface area contributed by atoms with E-state index in [0.29, 0.717) is 12.5 Å². The molecular weight excluding hydrogens is 164 g/mol. The first-order valence-corrected chi connectivity index (χ1v) is 5.01. The van der Waals surface area contributed by atoms with Gasteiger partial charge in [-0.25, -0.2) is 0 Å². The Hall–Kier alpha value is -0.590. The van der Waals surface area contributed by atoms with Crippen LogP contribution in [0.4, 0.5) is 0 Å². The van der Waals surface area contributed by atoms with Crippen LogP contribution in [0, 0.1) is 17.2 Å². The SMILES string of the molecule is CC(CC#N)NCCC1CCOC1. The fraction of sp³-hybridized carbons (Fsp3) is 0.900. The first-order valence-electron chi connectivity index (χ1n) is 5.01. The van der Waals surface area contributed by atoms with Gasteiger partial charge < -0.3 is 10.1 Å². The fourth-order valence-electron chi connectivity index (χ4n) is 1.55. The number of nitrogens with zero attached hydrogens (tertiary/aromatic N) is 1. The van der Waals surface area contributed by atoms with Crippen molar-refractivity contribution in [3.05, 3.63) is 0 Å².